The quantitative estimate of drug-likeness (QED) is 0.798. The Labute approximate surface area is 134 Å². The average molecular weight is 312 g/mol. The highest BCUT2D eigenvalue weighted by molar-refractivity contribution is 5.61. The molecule has 3 aromatic heterocycles. The van der Waals surface area contributed by atoms with E-state index in [0.717, 1.165) is 54.7 Å². The van der Waals surface area contributed by atoms with Crippen LogP contribution in [-0.4, -0.2) is 43.4 Å². The van der Waals surface area contributed by atoms with E-state index in [0.29, 0.717) is 0 Å². The lowest BCUT2D eigenvalue weighted by molar-refractivity contribution is 0.120. The maximum absolute atomic E-state index is 5.68. The fraction of sp³-hybridized carbons (Fsp3) is 0.438. The largest absolute Gasteiger partial charge is 0.376 e. The molecule has 0 bridgehead atoms. The average Bonchev–Trinajstić information content (AvgIpc) is 3.23. The molecular weight excluding hydrogens is 292 g/mol. The minimum atomic E-state index is 0.281. The van der Waals surface area contributed by atoms with Gasteiger partial charge in [0, 0.05) is 50.4 Å². The molecule has 120 valence electrons. The number of imidazole rings is 1. The Morgan fingerprint density at radius 1 is 1.39 bits per heavy atom. The van der Waals surface area contributed by atoms with E-state index in [2.05, 4.69) is 20.4 Å². The number of anilines is 1. The van der Waals surface area contributed by atoms with Crippen LogP contribution < -0.4 is 5.32 Å². The van der Waals surface area contributed by atoms with Gasteiger partial charge in [-0.2, -0.15) is 9.61 Å². The molecule has 0 radical (unpaired) electrons. The van der Waals surface area contributed by atoms with Gasteiger partial charge in [0.15, 0.2) is 11.5 Å². The van der Waals surface area contributed by atoms with Gasteiger partial charge in [-0.05, 0) is 19.8 Å². The molecule has 7 nitrogen and oxygen atoms in total. The van der Waals surface area contributed by atoms with E-state index < -0.39 is 0 Å². The van der Waals surface area contributed by atoms with Crippen LogP contribution in [0.15, 0.2) is 24.5 Å². The summed E-state index contributed by atoms with van der Waals surface area (Å²) in [6, 6.07) is 3.98. The van der Waals surface area contributed by atoms with Crippen molar-refractivity contribution in [1.29, 1.82) is 0 Å². The number of aromatic nitrogens is 5. The van der Waals surface area contributed by atoms with Crippen molar-refractivity contribution in [3.05, 3.63) is 30.2 Å². The summed E-state index contributed by atoms with van der Waals surface area (Å²) in [6.45, 7) is 3.64. The fourth-order valence-electron chi connectivity index (χ4n) is 2.97. The molecule has 0 aliphatic carbocycles. The van der Waals surface area contributed by atoms with Crippen LogP contribution in [0.4, 0.5) is 5.82 Å². The Balaban J connectivity index is 1.69. The number of hydrogen-bond donors (Lipinski definition) is 1. The maximum Gasteiger partial charge on any atom is 0.160 e. The monoisotopic (exact) mass is 312 g/mol. The molecule has 4 rings (SSSR count). The molecule has 1 N–H and O–H groups in total. The zero-order valence-electron chi connectivity index (χ0n) is 13.4. The summed E-state index contributed by atoms with van der Waals surface area (Å²) in [4.78, 5) is 8.93. The zero-order chi connectivity index (χ0) is 15.8. The zero-order valence-corrected chi connectivity index (χ0v) is 13.4. The topological polar surface area (TPSA) is 69.3 Å². The third kappa shape index (κ3) is 2.68. The molecular formula is C16H20N6O. The van der Waals surface area contributed by atoms with Gasteiger partial charge < -0.3 is 14.6 Å². The van der Waals surface area contributed by atoms with Gasteiger partial charge in [0.2, 0.25) is 0 Å². The van der Waals surface area contributed by atoms with Gasteiger partial charge in [0.25, 0.3) is 0 Å². The molecule has 1 aliphatic heterocycles. The van der Waals surface area contributed by atoms with E-state index in [-0.39, 0.29) is 6.10 Å². The van der Waals surface area contributed by atoms with Gasteiger partial charge in [-0.25, -0.2) is 9.97 Å². The van der Waals surface area contributed by atoms with Crippen LogP contribution >= 0.6 is 0 Å². The third-order valence-corrected chi connectivity index (χ3v) is 4.14. The molecule has 1 saturated heterocycles. The number of aryl methyl sites for hydroxylation is 2. The van der Waals surface area contributed by atoms with Crippen molar-refractivity contribution in [2.24, 2.45) is 7.05 Å². The summed E-state index contributed by atoms with van der Waals surface area (Å²) < 4.78 is 9.47. The summed E-state index contributed by atoms with van der Waals surface area (Å²) in [5.41, 5.74) is 2.59. The van der Waals surface area contributed by atoms with Crippen LogP contribution in [0.5, 0.6) is 0 Å². The Kier molecular flexibility index (Phi) is 3.49. The lowest BCUT2D eigenvalue weighted by atomic mass is 10.2. The first-order chi connectivity index (χ1) is 11.2. The molecule has 0 saturated carbocycles. The smallest absolute Gasteiger partial charge is 0.160 e. The Bertz CT molecular complexity index is 830. The molecule has 23 heavy (non-hydrogen) atoms. The molecule has 0 spiro atoms. The van der Waals surface area contributed by atoms with Crippen LogP contribution in [0.3, 0.4) is 0 Å². The molecule has 1 fully saturated rings. The van der Waals surface area contributed by atoms with Crippen molar-refractivity contribution < 1.29 is 4.74 Å². The third-order valence-electron chi connectivity index (χ3n) is 4.14. The summed E-state index contributed by atoms with van der Waals surface area (Å²) in [6.07, 6.45) is 6.21. The molecule has 0 aromatic carbocycles. The summed E-state index contributed by atoms with van der Waals surface area (Å²) in [5, 5.41) is 8.12. The van der Waals surface area contributed by atoms with E-state index >= 15 is 0 Å². The molecule has 3 aromatic rings. The Hall–Kier alpha value is -2.41. The highest BCUT2D eigenvalue weighted by Gasteiger charge is 2.17. The van der Waals surface area contributed by atoms with Gasteiger partial charge >= 0.3 is 0 Å². The highest BCUT2D eigenvalue weighted by atomic mass is 16.5. The van der Waals surface area contributed by atoms with Crippen molar-refractivity contribution in [3.63, 3.8) is 0 Å². The second-order valence-corrected chi connectivity index (χ2v) is 5.96. The number of ether oxygens (including phenoxy) is 1. The minimum absolute atomic E-state index is 0.281. The fourth-order valence-corrected chi connectivity index (χ4v) is 2.97. The number of hydrogen-bond acceptors (Lipinski definition) is 5. The van der Waals surface area contributed by atoms with Crippen molar-refractivity contribution >= 4 is 11.5 Å². The predicted molar refractivity (Wildman–Crippen MR) is 87.4 cm³/mol. The van der Waals surface area contributed by atoms with Gasteiger partial charge in [-0.15, -0.1) is 0 Å². The molecule has 0 amide bonds. The van der Waals surface area contributed by atoms with Gasteiger partial charge in [-0.1, -0.05) is 0 Å². The molecule has 1 unspecified atom stereocenters. The number of fused-ring (bicyclic) bond motifs is 1. The summed E-state index contributed by atoms with van der Waals surface area (Å²) >= 11 is 0. The lowest BCUT2D eigenvalue weighted by Crippen LogP contribution is -2.20. The predicted octanol–water partition coefficient (Wildman–Crippen LogP) is 2.03. The first kappa shape index (κ1) is 14.2. The van der Waals surface area contributed by atoms with E-state index in [1.165, 1.54) is 0 Å². The van der Waals surface area contributed by atoms with Crippen molar-refractivity contribution in [2.45, 2.75) is 25.9 Å². The summed E-state index contributed by atoms with van der Waals surface area (Å²) in [5.74, 6) is 1.77. The minimum Gasteiger partial charge on any atom is -0.376 e. The SMILES string of the molecule is Cc1cc(NCC2CCCO2)n2nc(-c3nccn3C)cc2n1. The number of nitrogens with zero attached hydrogens (tertiary/aromatic N) is 5. The van der Waals surface area contributed by atoms with Crippen molar-refractivity contribution in [3.8, 4) is 11.5 Å². The van der Waals surface area contributed by atoms with Gasteiger partial charge in [-0.3, -0.25) is 0 Å². The van der Waals surface area contributed by atoms with E-state index in [4.69, 9.17) is 4.74 Å². The normalized spacial score (nSPS) is 17.9. The van der Waals surface area contributed by atoms with Gasteiger partial charge in [0.05, 0.1) is 6.10 Å². The second kappa shape index (κ2) is 5.66. The van der Waals surface area contributed by atoms with E-state index in [1.807, 2.05) is 41.4 Å². The first-order valence-corrected chi connectivity index (χ1v) is 7.91. The highest BCUT2D eigenvalue weighted by Crippen LogP contribution is 2.21. The lowest BCUT2D eigenvalue weighted by Gasteiger charge is -2.13. The number of rotatable bonds is 4. The standard InChI is InChI=1S/C16H20N6O/c1-11-8-14(18-10-12-4-3-7-23-12)22-15(19-11)9-13(20-22)16-17-5-6-21(16)2/h5-6,8-9,12,18H,3-4,7,10H2,1-2H3. The van der Waals surface area contributed by atoms with Gasteiger partial charge in [0.1, 0.15) is 11.5 Å². The van der Waals surface area contributed by atoms with Crippen LogP contribution in [0, 0.1) is 6.92 Å². The van der Waals surface area contributed by atoms with Crippen LogP contribution in [0.1, 0.15) is 18.5 Å². The molecule has 4 heterocycles. The van der Waals surface area contributed by atoms with Crippen molar-refractivity contribution in [1.82, 2.24) is 24.1 Å². The second-order valence-electron chi connectivity index (χ2n) is 5.96. The van der Waals surface area contributed by atoms with E-state index in [1.54, 1.807) is 6.20 Å². The first-order valence-electron chi connectivity index (χ1n) is 7.91. The molecule has 7 heteroatoms. The van der Waals surface area contributed by atoms with Crippen LogP contribution in [0.2, 0.25) is 0 Å². The van der Waals surface area contributed by atoms with E-state index in [9.17, 15) is 0 Å². The Morgan fingerprint density at radius 3 is 3.04 bits per heavy atom. The van der Waals surface area contributed by atoms with Crippen LogP contribution in [-0.2, 0) is 11.8 Å². The maximum atomic E-state index is 5.68. The van der Waals surface area contributed by atoms with Crippen molar-refractivity contribution in [2.75, 3.05) is 18.5 Å². The molecule has 1 atom stereocenters. The Morgan fingerprint density at radius 2 is 2.30 bits per heavy atom. The summed E-state index contributed by atoms with van der Waals surface area (Å²) in [7, 11) is 1.96. The molecule has 1 aliphatic rings. The number of nitrogens with one attached hydrogen (secondary N) is 1. The van der Waals surface area contributed by atoms with Crippen LogP contribution in [0.25, 0.3) is 17.2 Å².